The molecule has 0 aromatic carbocycles. The quantitative estimate of drug-likeness (QED) is 0.418. The number of nitrogens with zero attached hydrogens (tertiary/aromatic N) is 1. The highest BCUT2D eigenvalue weighted by atomic mass is 79.9. The van der Waals surface area contributed by atoms with E-state index in [2.05, 4.69) is 25.3 Å². The molecule has 30 valence electrons. The third kappa shape index (κ3) is 4.24. The molecule has 0 atom stereocenters. The van der Waals surface area contributed by atoms with Crippen molar-refractivity contribution in [1.29, 1.82) is 0 Å². The van der Waals surface area contributed by atoms with Gasteiger partial charge in [0.15, 0.2) is 0 Å². The van der Waals surface area contributed by atoms with Crippen LogP contribution in [-0.4, -0.2) is 5.67 Å². The van der Waals surface area contributed by atoms with Crippen molar-refractivity contribution in [2.75, 3.05) is 0 Å². The van der Waals surface area contributed by atoms with E-state index in [0.717, 1.165) is 5.67 Å². The van der Waals surface area contributed by atoms with Crippen molar-refractivity contribution >= 4 is 33.5 Å². The number of rotatable bonds is 1. The summed E-state index contributed by atoms with van der Waals surface area (Å²) in [5, 5.41) is 3.03. The number of hydrogen-bond donors (Lipinski definition) is 0. The van der Waals surface area contributed by atoms with Crippen molar-refractivity contribution in [2.24, 2.45) is 5.16 Å². The van der Waals surface area contributed by atoms with Gasteiger partial charge in [-0.05, 0) is 0 Å². The normalized spacial score (nSPS) is 9.20. The van der Waals surface area contributed by atoms with Crippen LogP contribution in [0, 0.1) is 0 Å². The van der Waals surface area contributed by atoms with Gasteiger partial charge in [-0.15, -0.1) is 0 Å². The fourth-order valence-corrected chi connectivity index (χ4v) is 0.235. The SMILES string of the molecule is Cl/C=N/OBr. The minimum Gasteiger partial charge on any atom is -0.315 e. The standard InChI is InChI=1S/CHBrClNO/c2-5-4-1-3/h1H/b4-1+. The monoisotopic (exact) mass is 157 g/mol. The molecule has 0 unspecified atom stereocenters. The molecule has 0 aliphatic carbocycles. The topological polar surface area (TPSA) is 21.6 Å². The smallest absolute Gasteiger partial charge is 0.215 e. The van der Waals surface area contributed by atoms with Crippen LogP contribution in [-0.2, 0) is 3.93 Å². The van der Waals surface area contributed by atoms with Gasteiger partial charge in [0.1, 0.15) is 5.67 Å². The fourth-order valence-electron chi connectivity index (χ4n) is 0.0151. The minimum atomic E-state index is 1.01. The van der Waals surface area contributed by atoms with E-state index in [1.165, 1.54) is 0 Å². The molecule has 0 saturated heterocycles. The summed E-state index contributed by atoms with van der Waals surface area (Å²) in [6.45, 7) is 0. The molecule has 0 rings (SSSR count). The van der Waals surface area contributed by atoms with Crippen LogP contribution >= 0.6 is 27.9 Å². The van der Waals surface area contributed by atoms with Crippen molar-refractivity contribution in [3.63, 3.8) is 0 Å². The first-order valence-corrected chi connectivity index (χ1v) is 1.90. The number of hydrogen-bond acceptors (Lipinski definition) is 2. The average Bonchev–Trinajstić information content (AvgIpc) is 1.41. The maximum atomic E-state index is 4.85. The van der Waals surface area contributed by atoms with Crippen LogP contribution < -0.4 is 0 Å². The highest BCUT2D eigenvalue weighted by Gasteiger charge is 1.52. The first-order valence-electron chi connectivity index (χ1n) is 0.813. The van der Waals surface area contributed by atoms with Gasteiger partial charge in [-0.2, -0.15) is 0 Å². The van der Waals surface area contributed by atoms with Crippen molar-refractivity contribution in [3.05, 3.63) is 0 Å². The Morgan fingerprint density at radius 2 is 2.60 bits per heavy atom. The Bertz CT molecular complexity index is 38.6. The van der Waals surface area contributed by atoms with Gasteiger partial charge < -0.3 is 3.93 Å². The molecule has 0 aliphatic rings. The zero-order valence-electron chi connectivity index (χ0n) is 2.19. The maximum Gasteiger partial charge on any atom is 0.215 e. The van der Waals surface area contributed by atoms with Crippen LogP contribution in [0.15, 0.2) is 5.16 Å². The van der Waals surface area contributed by atoms with Gasteiger partial charge in [0.2, 0.25) is 16.3 Å². The molecule has 0 N–H and O–H groups in total. The van der Waals surface area contributed by atoms with Crippen LogP contribution in [0.4, 0.5) is 0 Å². The molecule has 0 fully saturated rings. The fraction of sp³-hybridized carbons (Fsp3) is 0. The second-order valence-corrected chi connectivity index (χ2v) is 0.757. The van der Waals surface area contributed by atoms with Crippen LogP contribution in [0.1, 0.15) is 0 Å². The van der Waals surface area contributed by atoms with Gasteiger partial charge in [-0.3, -0.25) is 0 Å². The van der Waals surface area contributed by atoms with E-state index >= 15 is 0 Å². The summed E-state index contributed by atoms with van der Waals surface area (Å²) < 4.78 is 3.94. The Kier molecular flexibility index (Phi) is 4.44. The predicted molar refractivity (Wildman–Crippen MR) is 24.4 cm³/mol. The largest absolute Gasteiger partial charge is 0.315 e. The summed E-state index contributed by atoms with van der Waals surface area (Å²) in [6.07, 6.45) is 0. The van der Waals surface area contributed by atoms with E-state index in [4.69, 9.17) is 11.6 Å². The molecule has 0 aliphatic heterocycles. The molecule has 0 spiro atoms. The summed E-state index contributed by atoms with van der Waals surface area (Å²) in [5.74, 6) is 0. The van der Waals surface area contributed by atoms with Crippen LogP contribution in [0.25, 0.3) is 0 Å². The molecule has 0 aromatic heterocycles. The Morgan fingerprint density at radius 3 is 2.60 bits per heavy atom. The maximum absolute atomic E-state index is 4.85. The Labute approximate surface area is 43.2 Å². The van der Waals surface area contributed by atoms with E-state index in [-0.39, 0.29) is 0 Å². The highest BCUT2D eigenvalue weighted by molar-refractivity contribution is 9.05. The van der Waals surface area contributed by atoms with Gasteiger partial charge in [0.05, 0.1) is 0 Å². The first-order chi connectivity index (χ1) is 2.41. The van der Waals surface area contributed by atoms with Gasteiger partial charge >= 0.3 is 0 Å². The molecule has 0 radical (unpaired) electrons. The molecule has 0 amide bonds. The summed E-state index contributed by atoms with van der Waals surface area (Å²) in [4.78, 5) is 0. The van der Waals surface area contributed by atoms with E-state index in [1.54, 1.807) is 0 Å². The van der Waals surface area contributed by atoms with E-state index < -0.39 is 0 Å². The Morgan fingerprint density at radius 1 is 2.00 bits per heavy atom. The summed E-state index contributed by atoms with van der Waals surface area (Å²) in [7, 11) is 0. The van der Waals surface area contributed by atoms with E-state index in [1.807, 2.05) is 0 Å². The second-order valence-electron chi connectivity index (χ2n) is 0.272. The Hall–Kier alpha value is 0.240. The summed E-state index contributed by atoms with van der Waals surface area (Å²) in [5.41, 5.74) is 1.01. The van der Waals surface area contributed by atoms with Gasteiger partial charge in [-0.1, -0.05) is 16.8 Å². The zero-order valence-corrected chi connectivity index (χ0v) is 4.53. The average molecular weight is 158 g/mol. The Balaban J connectivity index is 2.62. The van der Waals surface area contributed by atoms with Crippen molar-refractivity contribution in [2.45, 2.75) is 0 Å². The van der Waals surface area contributed by atoms with E-state index in [9.17, 15) is 0 Å². The lowest BCUT2D eigenvalue weighted by Crippen LogP contribution is -1.49. The molecule has 4 heteroatoms. The molecule has 0 heterocycles. The second kappa shape index (κ2) is 4.24. The summed E-state index contributed by atoms with van der Waals surface area (Å²) >= 11 is 7.38. The summed E-state index contributed by atoms with van der Waals surface area (Å²) in [6, 6.07) is 0. The molecule has 5 heavy (non-hydrogen) atoms. The van der Waals surface area contributed by atoms with Crippen LogP contribution in [0.5, 0.6) is 0 Å². The van der Waals surface area contributed by atoms with E-state index in [0.29, 0.717) is 0 Å². The third-order valence-electron chi connectivity index (χ3n) is 0.0797. The number of oxime groups is 1. The molecule has 2 nitrogen and oxygen atoms in total. The van der Waals surface area contributed by atoms with Crippen LogP contribution in [0.3, 0.4) is 0 Å². The van der Waals surface area contributed by atoms with Crippen molar-refractivity contribution in [1.82, 2.24) is 0 Å². The van der Waals surface area contributed by atoms with Crippen molar-refractivity contribution < 1.29 is 3.93 Å². The predicted octanol–water partition coefficient (Wildman–Crippen LogP) is 1.49. The number of halogens is 2. The molecule has 0 saturated carbocycles. The lowest BCUT2D eigenvalue weighted by atomic mass is 11.7. The third-order valence-corrected chi connectivity index (χ3v) is 0.327. The van der Waals surface area contributed by atoms with Crippen molar-refractivity contribution in [3.8, 4) is 0 Å². The van der Waals surface area contributed by atoms with Gasteiger partial charge in [-0.25, -0.2) is 0 Å². The molecular formula is CHBrClNO. The molecular weight excluding hydrogens is 157 g/mol. The minimum absolute atomic E-state index is 1.01. The highest BCUT2D eigenvalue weighted by Crippen LogP contribution is 1.81. The van der Waals surface area contributed by atoms with Crippen LogP contribution in [0.2, 0.25) is 0 Å². The lowest BCUT2D eigenvalue weighted by Gasteiger charge is -1.68. The first kappa shape index (κ1) is 5.24. The molecule has 0 bridgehead atoms. The van der Waals surface area contributed by atoms with Gasteiger partial charge in [0, 0.05) is 0 Å². The lowest BCUT2D eigenvalue weighted by molar-refractivity contribution is 0.435. The van der Waals surface area contributed by atoms with Gasteiger partial charge in [0.25, 0.3) is 0 Å². The molecule has 0 aromatic rings. The zero-order chi connectivity index (χ0) is 4.12.